The number of hydrogen-bond acceptors (Lipinski definition) is 5. The molecule has 1 aromatic heterocycles. The molecule has 0 amide bonds. The summed E-state index contributed by atoms with van der Waals surface area (Å²) in [5.41, 5.74) is 0.969. The third-order valence-electron chi connectivity index (χ3n) is 3.68. The third kappa shape index (κ3) is 5.26. The predicted molar refractivity (Wildman–Crippen MR) is 102 cm³/mol. The smallest absolute Gasteiger partial charge is 0.387 e. The lowest BCUT2D eigenvalue weighted by Gasteiger charge is -2.06. The van der Waals surface area contributed by atoms with E-state index in [1.165, 1.54) is 42.5 Å². The lowest BCUT2D eigenvalue weighted by molar-refractivity contribution is -0.138. The van der Waals surface area contributed by atoms with Crippen LogP contribution in [0.1, 0.15) is 11.1 Å². The van der Waals surface area contributed by atoms with Crippen molar-refractivity contribution in [3.8, 4) is 5.75 Å². The van der Waals surface area contributed by atoms with E-state index in [-0.39, 0.29) is 12.4 Å². The van der Waals surface area contributed by atoms with Crippen LogP contribution in [-0.2, 0) is 16.1 Å². The quantitative estimate of drug-likeness (QED) is 0.303. The van der Waals surface area contributed by atoms with E-state index in [9.17, 15) is 18.4 Å². The van der Waals surface area contributed by atoms with Crippen molar-refractivity contribution in [3.63, 3.8) is 0 Å². The van der Waals surface area contributed by atoms with E-state index in [0.717, 1.165) is 4.47 Å². The molecule has 0 bridgehead atoms. The van der Waals surface area contributed by atoms with Gasteiger partial charge in [0.1, 0.15) is 17.9 Å². The van der Waals surface area contributed by atoms with Gasteiger partial charge in [-0.15, -0.1) is 0 Å². The summed E-state index contributed by atoms with van der Waals surface area (Å²) < 4.78 is 39.5. The topological polar surface area (TPSA) is 65.7 Å². The van der Waals surface area contributed by atoms with Gasteiger partial charge < -0.3 is 13.9 Å². The molecule has 28 heavy (non-hydrogen) atoms. The first-order valence-electron chi connectivity index (χ1n) is 8.03. The number of carbonyl (C=O) groups excluding carboxylic acids is 1. The van der Waals surface area contributed by atoms with Crippen LogP contribution in [0.4, 0.5) is 8.78 Å². The molecule has 0 N–H and O–H groups in total. The molecule has 0 spiro atoms. The van der Waals surface area contributed by atoms with Gasteiger partial charge in [0.05, 0.1) is 0 Å². The lowest BCUT2D eigenvalue weighted by atomic mass is 10.1. The fourth-order valence-electron chi connectivity index (χ4n) is 2.44. The molecule has 0 aliphatic rings. The summed E-state index contributed by atoms with van der Waals surface area (Å²) in [4.78, 5) is 23.6. The molecule has 0 saturated heterocycles. The molecule has 5 nitrogen and oxygen atoms in total. The van der Waals surface area contributed by atoms with Crippen molar-refractivity contribution >= 4 is 38.9 Å². The lowest BCUT2D eigenvalue weighted by Crippen LogP contribution is -2.05. The summed E-state index contributed by atoms with van der Waals surface area (Å²) in [7, 11) is 0. The van der Waals surface area contributed by atoms with Gasteiger partial charge in [0, 0.05) is 27.6 Å². The van der Waals surface area contributed by atoms with E-state index < -0.39 is 18.2 Å². The molecule has 2 aromatic carbocycles. The Hall–Kier alpha value is -3.00. The highest BCUT2D eigenvalue weighted by Gasteiger charge is 2.08. The Morgan fingerprint density at radius 1 is 1.14 bits per heavy atom. The van der Waals surface area contributed by atoms with Gasteiger partial charge in [0.2, 0.25) is 0 Å². The van der Waals surface area contributed by atoms with Gasteiger partial charge in [-0.25, -0.2) is 9.59 Å². The number of benzene rings is 2. The summed E-state index contributed by atoms with van der Waals surface area (Å²) >= 11 is 3.30. The minimum absolute atomic E-state index is 0.0242. The van der Waals surface area contributed by atoms with Crippen molar-refractivity contribution in [2.24, 2.45) is 0 Å². The van der Waals surface area contributed by atoms with Gasteiger partial charge >= 0.3 is 18.2 Å². The maximum absolute atomic E-state index is 12.1. The largest absolute Gasteiger partial charge is 0.458 e. The van der Waals surface area contributed by atoms with Gasteiger partial charge in [0.15, 0.2) is 0 Å². The summed E-state index contributed by atoms with van der Waals surface area (Å²) in [5, 5.41) is 0.661. The maximum atomic E-state index is 12.1. The molecule has 1 heterocycles. The Bertz CT molecular complexity index is 1070. The standard InChI is InChI=1S/C20H13BrF2O5/c21-14-4-7-16-13(9-19(25)28-17(16)10-14)11-26-18(24)8-3-12-1-5-15(6-2-12)27-20(22)23/h1-10,20H,11H2/b8-3+. The van der Waals surface area contributed by atoms with Crippen molar-refractivity contribution in [2.45, 2.75) is 13.2 Å². The van der Waals surface area contributed by atoms with Gasteiger partial charge in [-0.3, -0.25) is 0 Å². The molecular formula is C20H13BrF2O5. The van der Waals surface area contributed by atoms with E-state index in [1.54, 1.807) is 18.2 Å². The van der Waals surface area contributed by atoms with Crippen LogP contribution in [0.3, 0.4) is 0 Å². The van der Waals surface area contributed by atoms with Crippen LogP contribution in [0.2, 0.25) is 0 Å². The average molecular weight is 451 g/mol. The van der Waals surface area contributed by atoms with Crippen molar-refractivity contribution < 1.29 is 27.5 Å². The normalized spacial score (nSPS) is 11.3. The SMILES string of the molecule is O=C(/C=C/c1ccc(OC(F)F)cc1)OCc1cc(=O)oc2cc(Br)ccc12. The summed E-state index contributed by atoms with van der Waals surface area (Å²) in [5.74, 6) is -0.595. The van der Waals surface area contributed by atoms with E-state index in [1.807, 2.05) is 0 Å². The number of esters is 1. The zero-order chi connectivity index (χ0) is 20.1. The molecule has 0 radical (unpaired) electrons. The van der Waals surface area contributed by atoms with Gasteiger partial charge in [-0.2, -0.15) is 8.78 Å². The summed E-state index contributed by atoms with van der Waals surface area (Å²) in [6, 6.07) is 12.2. The number of halogens is 3. The molecule has 3 aromatic rings. The van der Waals surface area contributed by atoms with Crippen LogP contribution in [0.5, 0.6) is 5.75 Å². The van der Waals surface area contributed by atoms with Crippen molar-refractivity contribution in [3.05, 3.63) is 80.6 Å². The fraction of sp³-hybridized carbons (Fsp3) is 0.100. The van der Waals surface area contributed by atoms with Crippen LogP contribution >= 0.6 is 15.9 Å². The average Bonchev–Trinajstić information content (AvgIpc) is 2.64. The Morgan fingerprint density at radius 3 is 2.61 bits per heavy atom. The monoisotopic (exact) mass is 450 g/mol. The molecule has 3 rings (SSSR count). The van der Waals surface area contributed by atoms with Gasteiger partial charge in [-0.05, 0) is 42.0 Å². The minimum Gasteiger partial charge on any atom is -0.458 e. The number of rotatable bonds is 6. The Labute approximate surface area is 166 Å². The molecule has 0 aliphatic carbocycles. The number of fused-ring (bicyclic) bond motifs is 1. The molecule has 144 valence electrons. The zero-order valence-electron chi connectivity index (χ0n) is 14.2. The number of alkyl halides is 2. The van der Waals surface area contributed by atoms with E-state index in [2.05, 4.69) is 20.7 Å². The highest BCUT2D eigenvalue weighted by atomic mass is 79.9. The Balaban J connectivity index is 1.65. The molecule has 0 fully saturated rings. The second kappa shape index (κ2) is 8.79. The summed E-state index contributed by atoms with van der Waals surface area (Å²) in [6.07, 6.45) is 2.68. The van der Waals surface area contributed by atoms with Crippen molar-refractivity contribution in [2.75, 3.05) is 0 Å². The first-order valence-corrected chi connectivity index (χ1v) is 8.82. The van der Waals surface area contributed by atoms with Gasteiger partial charge in [0.25, 0.3) is 0 Å². The fourth-order valence-corrected chi connectivity index (χ4v) is 2.78. The van der Waals surface area contributed by atoms with Crippen LogP contribution in [0.25, 0.3) is 17.0 Å². The molecule has 0 unspecified atom stereocenters. The molecular weight excluding hydrogens is 438 g/mol. The highest BCUT2D eigenvalue weighted by Crippen LogP contribution is 2.22. The minimum atomic E-state index is -2.89. The van der Waals surface area contributed by atoms with E-state index in [4.69, 9.17) is 9.15 Å². The second-order valence-electron chi connectivity index (χ2n) is 5.62. The van der Waals surface area contributed by atoms with Crippen molar-refractivity contribution in [1.82, 2.24) is 0 Å². The highest BCUT2D eigenvalue weighted by molar-refractivity contribution is 9.10. The van der Waals surface area contributed by atoms with Crippen LogP contribution < -0.4 is 10.4 Å². The molecule has 0 saturated carbocycles. The Morgan fingerprint density at radius 2 is 1.89 bits per heavy atom. The molecule has 0 aliphatic heterocycles. The third-order valence-corrected chi connectivity index (χ3v) is 4.17. The van der Waals surface area contributed by atoms with Crippen LogP contribution in [-0.4, -0.2) is 12.6 Å². The number of ether oxygens (including phenoxy) is 2. The first-order chi connectivity index (χ1) is 13.4. The number of carbonyl (C=O) groups is 1. The zero-order valence-corrected chi connectivity index (χ0v) is 15.8. The second-order valence-corrected chi connectivity index (χ2v) is 6.54. The summed E-state index contributed by atoms with van der Waals surface area (Å²) in [6.45, 7) is -3.00. The molecule has 0 atom stereocenters. The van der Waals surface area contributed by atoms with E-state index in [0.29, 0.717) is 22.1 Å². The maximum Gasteiger partial charge on any atom is 0.387 e. The van der Waals surface area contributed by atoms with Crippen LogP contribution in [0, 0.1) is 0 Å². The van der Waals surface area contributed by atoms with Gasteiger partial charge in [-0.1, -0.05) is 28.1 Å². The Kier molecular flexibility index (Phi) is 6.20. The van der Waals surface area contributed by atoms with Crippen LogP contribution in [0.15, 0.2) is 68.3 Å². The first kappa shape index (κ1) is 19.8. The predicted octanol–water partition coefficient (Wildman–Crippen LogP) is 4.91. The molecule has 8 heteroatoms. The van der Waals surface area contributed by atoms with Crippen molar-refractivity contribution in [1.29, 1.82) is 0 Å². The number of hydrogen-bond donors (Lipinski definition) is 0. The van der Waals surface area contributed by atoms with E-state index >= 15 is 0 Å².